The third-order valence-electron chi connectivity index (χ3n) is 4.73. The standard InChI is InChI=1S/C20H22FNO3/c1-25-19-5-3-2-4-17(19)20(24)22-11-10-18(23)15(13-22)12-14-6-8-16(21)9-7-14/h2-9,15,18,23H,10-13H2,1H3/t15-,18+/m1/s1. The van der Waals surface area contributed by atoms with Crippen LogP contribution in [0.3, 0.4) is 0 Å². The molecule has 4 nitrogen and oxygen atoms in total. The normalized spacial score (nSPS) is 20.4. The smallest absolute Gasteiger partial charge is 0.257 e. The van der Waals surface area contributed by atoms with E-state index in [2.05, 4.69) is 0 Å². The summed E-state index contributed by atoms with van der Waals surface area (Å²) in [6, 6.07) is 13.4. The number of rotatable bonds is 4. The molecule has 1 saturated heterocycles. The number of hydrogen-bond acceptors (Lipinski definition) is 3. The molecule has 1 aliphatic heterocycles. The Morgan fingerprint density at radius 3 is 2.68 bits per heavy atom. The van der Waals surface area contributed by atoms with Gasteiger partial charge in [-0.3, -0.25) is 4.79 Å². The number of amides is 1. The van der Waals surface area contributed by atoms with Gasteiger partial charge < -0.3 is 14.7 Å². The molecule has 1 amide bonds. The lowest BCUT2D eigenvalue weighted by Crippen LogP contribution is -2.46. The zero-order valence-electron chi connectivity index (χ0n) is 14.2. The first-order valence-electron chi connectivity index (χ1n) is 8.43. The largest absolute Gasteiger partial charge is 0.496 e. The molecule has 0 radical (unpaired) electrons. The summed E-state index contributed by atoms with van der Waals surface area (Å²) >= 11 is 0. The van der Waals surface area contributed by atoms with Crippen LogP contribution in [0, 0.1) is 11.7 Å². The Kier molecular flexibility index (Phi) is 5.34. The summed E-state index contributed by atoms with van der Waals surface area (Å²) in [6.07, 6.45) is 0.677. The van der Waals surface area contributed by atoms with Crippen molar-refractivity contribution in [3.8, 4) is 5.75 Å². The van der Waals surface area contributed by atoms with Gasteiger partial charge in [-0.15, -0.1) is 0 Å². The van der Waals surface area contributed by atoms with Crippen LogP contribution in [0.1, 0.15) is 22.3 Å². The highest BCUT2D eigenvalue weighted by Gasteiger charge is 2.31. The van der Waals surface area contributed by atoms with E-state index in [0.717, 1.165) is 5.56 Å². The number of nitrogens with zero attached hydrogens (tertiary/aromatic N) is 1. The summed E-state index contributed by atoms with van der Waals surface area (Å²) < 4.78 is 18.3. The van der Waals surface area contributed by atoms with E-state index >= 15 is 0 Å². The second-order valence-corrected chi connectivity index (χ2v) is 6.40. The van der Waals surface area contributed by atoms with Crippen molar-refractivity contribution in [3.05, 3.63) is 65.5 Å². The Labute approximate surface area is 146 Å². The second-order valence-electron chi connectivity index (χ2n) is 6.40. The van der Waals surface area contributed by atoms with Crippen molar-refractivity contribution >= 4 is 5.91 Å². The van der Waals surface area contributed by atoms with Gasteiger partial charge in [-0.1, -0.05) is 24.3 Å². The van der Waals surface area contributed by atoms with Gasteiger partial charge in [0.05, 0.1) is 18.8 Å². The maximum Gasteiger partial charge on any atom is 0.257 e. The summed E-state index contributed by atoms with van der Waals surface area (Å²) in [5.74, 6) is 0.112. The van der Waals surface area contributed by atoms with E-state index < -0.39 is 6.10 Å². The van der Waals surface area contributed by atoms with E-state index in [1.165, 1.54) is 12.1 Å². The first-order chi connectivity index (χ1) is 12.1. The number of likely N-dealkylation sites (tertiary alicyclic amines) is 1. The quantitative estimate of drug-likeness (QED) is 0.929. The Morgan fingerprint density at radius 2 is 1.96 bits per heavy atom. The Morgan fingerprint density at radius 1 is 1.24 bits per heavy atom. The molecular formula is C20H22FNO3. The molecule has 1 fully saturated rings. The predicted octanol–water partition coefficient (Wildman–Crippen LogP) is 2.90. The van der Waals surface area contributed by atoms with Gasteiger partial charge in [-0.25, -0.2) is 4.39 Å². The molecule has 2 atom stereocenters. The summed E-state index contributed by atoms with van der Waals surface area (Å²) in [5.41, 5.74) is 1.49. The van der Waals surface area contributed by atoms with Gasteiger partial charge in [0, 0.05) is 19.0 Å². The zero-order valence-corrected chi connectivity index (χ0v) is 14.2. The molecule has 5 heteroatoms. The molecular weight excluding hydrogens is 321 g/mol. The van der Waals surface area contributed by atoms with Crippen molar-refractivity contribution in [2.75, 3.05) is 20.2 Å². The van der Waals surface area contributed by atoms with Crippen molar-refractivity contribution in [2.24, 2.45) is 5.92 Å². The molecule has 132 valence electrons. The van der Waals surface area contributed by atoms with Gasteiger partial charge in [-0.05, 0) is 42.7 Å². The van der Waals surface area contributed by atoms with Crippen LogP contribution in [0.5, 0.6) is 5.75 Å². The van der Waals surface area contributed by atoms with Crippen LogP contribution in [0.2, 0.25) is 0 Å². The highest BCUT2D eigenvalue weighted by atomic mass is 19.1. The van der Waals surface area contributed by atoms with Crippen LogP contribution in [0.15, 0.2) is 48.5 Å². The average molecular weight is 343 g/mol. The third-order valence-corrected chi connectivity index (χ3v) is 4.73. The minimum atomic E-state index is -0.466. The number of carbonyl (C=O) groups excluding carboxylic acids is 1. The number of para-hydroxylation sites is 1. The van der Waals surface area contributed by atoms with Gasteiger partial charge in [-0.2, -0.15) is 0 Å². The second kappa shape index (κ2) is 7.66. The van der Waals surface area contributed by atoms with Gasteiger partial charge in [0.25, 0.3) is 5.91 Å². The van der Waals surface area contributed by atoms with Gasteiger partial charge in [0.15, 0.2) is 0 Å². The predicted molar refractivity (Wildman–Crippen MR) is 93.1 cm³/mol. The third kappa shape index (κ3) is 3.99. The number of benzene rings is 2. The van der Waals surface area contributed by atoms with Crippen molar-refractivity contribution in [3.63, 3.8) is 0 Å². The number of carbonyl (C=O) groups is 1. The molecule has 1 heterocycles. The van der Waals surface area contributed by atoms with Crippen molar-refractivity contribution in [1.82, 2.24) is 4.90 Å². The van der Waals surface area contributed by atoms with Crippen LogP contribution < -0.4 is 4.74 Å². The molecule has 0 saturated carbocycles. The SMILES string of the molecule is COc1ccccc1C(=O)N1CC[C@H](O)[C@H](Cc2ccc(F)cc2)C1. The fourth-order valence-electron chi connectivity index (χ4n) is 3.32. The molecule has 1 N–H and O–H groups in total. The fraction of sp³-hybridized carbons (Fsp3) is 0.350. The van der Waals surface area contributed by atoms with E-state index in [4.69, 9.17) is 4.74 Å². The van der Waals surface area contributed by atoms with Crippen LogP contribution in [0.4, 0.5) is 4.39 Å². The number of halogens is 1. The minimum Gasteiger partial charge on any atom is -0.496 e. The Bertz CT molecular complexity index is 732. The highest BCUT2D eigenvalue weighted by molar-refractivity contribution is 5.97. The van der Waals surface area contributed by atoms with E-state index in [9.17, 15) is 14.3 Å². The molecule has 0 unspecified atom stereocenters. The summed E-state index contributed by atoms with van der Waals surface area (Å²) in [7, 11) is 1.55. The van der Waals surface area contributed by atoms with E-state index in [-0.39, 0.29) is 17.6 Å². The molecule has 1 aliphatic rings. The molecule has 0 aliphatic carbocycles. The molecule has 0 bridgehead atoms. The number of methoxy groups -OCH3 is 1. The summed E-state index contributed by atoms with van der Waals surface area (Å²) in [5, 5.41) is 10.3. The molecule has 3 rings (SSSR count). The first kappa shape index (κ1) is 17.4. The number of piperidine rings is 1. The monoisotopic (exact) mass is 343 g/mol. The van der Waals surface area contributed by atoms with Gasteiger partial charge >= 0.3 is 0 Å². The molecule has 2 aromatic rings. The molecule has 2 aromatic carbocycles. The maximum absolute atomic E-state index is 13.1. The average Bonchev–Trinajstić information content (AvgIpc) is 2.64. The van der Waals surface area contributed by atoms with E-state index in [1.807, 2.05) is 12.1 Å². The maximum atomic E-state index is 13.1. The van der Waals surface area contributed by atoms with Crippen LogP contribution in [-0.2, 0) is 6.42 Å². The van der Waals surface area contributed by atoms with Gasteiger partial charge in [0.2, 0.25) is 0 Å². The highest BCUT2D eigenvalue weighted by Crippen LogP contribution is 2.25. The lowest BCUT2D eigenvalue weighted by Gasteiger charge is -2.36. The summed E-state index contributed by atoms with van der Waals surface area (Å²) in [6.45, 7) is 0.980. The number of hydrogen-bond donors (Lipinski definition) is 1. The fourth-order valence-corrected chi connectivity index (χ4v) is 3.32. The summed E-state index contributed by atoms with van der Waals surface area (Å²) in [4.78, 5) is 14.6. The lowest BCUT2D eigenvalue weighted by molar-refractivity contribution is 0.0240. The van der Waals surface area contributed by atoms with Crippen LogP contribution in [0.25, 0.3) is 0 Å². The molecule has 0 spiro atoms. The number of aliphatic hydroxyl groups excluding tert-OH is 1. The Hall–Kier alpha value is -2.40. The van der Waals surface area contributed by atoms with Crippen molar-refractivity contribution < 1.29 is 19.0 Å². The van der Waals surface area contributed by atoms with E-state index in [1.54, 1.807) is 36.3 Å². The minimum absolute atomic E-state index is 0.0714. The lowest BCUT2D eigenvalue weighted by atomic mass is 9.88. The topological polar surface area (TPSA) is 49.8 Å². The Balaban J connectivity index is 1.73. The van der Waals surface area contributed by atoms with Gasteiger partial charge in [0.1, 0.15) is 11.6 Å². The number of ether oxygens (including phenoxy) is 1. The van der Waals surface area contributed by atoms with Crippen molar-refractivity contribution in [2.45, 2.75) is 18.9 Å². The number of aliphatic hydroxyl groups is 1. The molecule has 0 aromatic heterocycles. The molecule has 25 heavy (non-hydrogen) atoms. The van der Waals surface area contributed by atoms with Crippen LogP contribution >= 0.6 is 0 Å². The van der Waals surface area contributed by atoms with Crippen molar-refractivity contribution in [1.29, 1.82) is 0 Å². The zero-order chi connectivity index (χ0) is 17.8. The van der Waals surface area contributed by atoms with E-state index in [0.29, 0.717) is 37.2 Å². The van der Waals surface area contributed by atoms with Crippen LogP contribution in [-0.4, -0.2) is 42.2 Å². The first-order valence-corrected chi connectivity index (χ1v) is 8.43.